The van der Waals surface area contributed by atoms with E-state index in [1.807, 2.05) is 0 Å². The molecule has 82 valence electrons. The fourth-order valence-corrected chi connectivity index (χ4v) is 2.17. The van der Waals surface area contributed by atoms with E-state index in [2.05, 4.69) is 29.1 Å². The Morgan fingerprint density at radius 2 is 2.27 bits per heavy atom. The molecule has 0 spiro atoms. The van der Waals surface area contributed by atoms with Gasteiger partial charge < -0.3 is 10.3 Å². The van der Waals surface area contributed by atoms with Gasteiger partial charge in [0, 0.05) is 13.1 Å². The van der Waals surface area contributed by atoms with Gasteiger partial charge in [-0.2, -0.15) is 11.8 Å². The minimum Gasteiger partial charge on any atom is -0.310 e. The molecular formula is C10H15N3OS. The largest absolute Gasteiger partial charge is 0.310 e. The van der Waals surface area contributed by atoms with Crippen LogP contribution in [-0.2, 0) is 18.8 Å². The number of aromatic nitrogens is 2. The number of aromatic amines is 1. The van der Waals surface area contributed by atoms with E-state index in [4.69, 9.17) is 0 Å². The van der Waals surface area contributed by atoms with Crippen LogP contribution in [0.4, 0.5) is 0 Å². The van der Waals surface area contributed by atoms with E-state index in [0.29, 0.717) is 11.8 Å². The van der Waals surface area contributed by atoms with Crippen molar-refractivity contribution in [3.63, 3.8) is 0 Å². The number of nitrogens with one attached hydrogen (secondary N) is 2. The van der Waals surface area contributed by atoms with Crippen molar-refractivity contribution in [1.82, 2.24) is 15.3 Å². The first-order valence-electron chi connectivity index (χ1n) is 5.10. The quantitative estimate of drug-likeness (QED) is 0.806. The average molecular weight is 225 g/mol. The number of fused-ring (bicyclic) bond motifs is 1. The van der Waals surface area contributed by atoms with E-state index in [9.17, 15) is 4.79 Å². The average Bonchev–Trinajstić information content (AvgIpc) is 2.63. The SMILES string of the molecule is CC(C)SCc1nc2c(c(=O)[nH]1)CNC2. The first-order chi connectivity index (χ1) is 7.16. The number of H-pyrrole nitrogens is 1. The minimum atomic E-state index is 0.0179. The summed E-state index contributed by atoms with van der Waals surface area (Å²) in [6.07, 6.45) is 0. The first-order valence-corrected chi connectivity index (χ1v) is 6.15. The molecule has 0 aromatic carbocycles. The molecule has 1 aliphatic rings. The third-order valence-corrected chi connectivity index (χ3v) is 3.40. The molecule has 1 aliphatic heterocycles. The molecule has 1 aromatic heterocycles. The molecule has 0 aliphatic carbocycles. The Hall–Kier alpha value is -0.810. The van der Waals surface area contributed by atoms with Crippen molar-refractivity contribution in [2.24, 2.45) is 0 Å². The molecule has 0 atom stereocenters. The van der Waals surface area contributed by atoms with Crippen LogP contribution in [0.3, 0.4) is 0 Å². The molecule has 2 rings (SSSR count). The molecular weight excluding hydrogens is 210 g/mol. The van der Waals surface area contributed by atoms with Crippen LogP contribution in [0, 0.1) is 0 Å². The molecule has 4 nitrogen and oxygen atoms in total. The molecule has 0 amide bonds. The van der Waals surface area contributed by atoms with Crippen LogP contribution in [0.1, 0.15) is 30.9 Å². The second-order valence-corrected chi connectivity index (χ2v) is 5.47. The molecule has 0 unspecified atom stereocenters. The Kier molecular flexibility index (Phi) is 3.11. The number of hydrogen-bond donors (Lipinski definition) is 2. The summed E-state index contributed by atoms with van der Waals surface area (Å²) in [7, 11) is 0. The fourth-order valence-electron chi connectivity index (χ4n) is 1.54. The van der Waals surface area contributed by atoms with Crippen molar-refractivity contribution in [1.29, 1.82) is 0 Å². The van der Waals surface area contributed by atoms with E-state index in [0.717, 1.165) is 29.4 Å². The molecule has 2 N–H and O–H groups in total. The Labute approximate surface area is 92.9 Å². The highest BCUT2D eigenvalue weighted by Crippen LogP contribution is 2.15. The predicted molar refractivity (Wildman–Crippen MR) is 61.8 cm³/mol. The third-order valence-electron chi connectivity index (χ3n) is 2.30. The summed E-state index contributed by atoms with van der Waals surface area (Å²) in [4.78, 5) is 18.9. The molecule has 0 bridgehead atoms. The molecule has 0 radical (unpaired) electrons. The molecule has 0 saturated carbocycles. The zero-order valence-corrected chi connectivity index (χ0v) is 9.78. The summed E-state index contributed by atoms with van der Waals surface area (Å²) in [5.74, 6) is 1.57. The summed E-state index contributed by atoms with van der Waals surface area (Å²) < 4.78 is 0. The van der Waals surface area contributed by atoms with Gasteiger partial charge in [-0.05, 0) is 5.25 Å². The van der Waals surface area contributed by atoms with Gasteiger partial charge in [0.2, 0.25) is 0 Å². The second kappa shape index (κ2) is 4.37. The molecule has 5 heteroatoms. The predicted octanol–water partition coefficient (Wildman–Crippen LogP) is 1.01. The van der Waals surface area contributed by atoms with Gasteiger partial charge in [0.1, 0.15) is 5.82 Å². The maximum absolute atomic E-state index is 11.6. The zero-order valence-electron chi connectivity index (χ0n) is 8.96. The Bertz CT molecular complexity index is 414. The second-order valence-electron chi connectivity index (χ2n) is 3.90. The van der Waals surface area contributed by atoms with Crippen LogP contribution in [0.5, 0.6) is 0 Å². The van der Waals surface area contributed by atoms with Gasteiger partial charge in [0.25, 0.3) is 5.56 Å². The van der Waals surface area contributed by atoms with Crippen molar-refractivity contribution >= 4 is 11.8 Å². The summed E-state index contributed by atoms with van der Waals surface area (Å²) in [5.41, 5.74) is 1.73. The van der Waals surface area contributed by atoms with E-state index in [-0.39, 0.29) is 5.56 Å². The normalized spacial score (nSPS) is 14.6. The Balaban J connectivity index is 2.20. The lowest BCUT2D eigenvalue weighted by Gasteiger charge is -2.05. The highest BCUT2D eigenvalue weighted by molar-refractivity contribution is 7.99. The maximum atomic E-state index is 11.6. The Morgan fingerprint density at radius 1 is 1.47 bits per heavy atom. The van der Waals surface area contributed by atoms with Crippen LogP contribution in [-0.4, -0.2) is 15.2 Å². The van der Waals surface area contributed by atoms with E-state index in [1.54, 1.807) is 11.8 Å². The van der Waals surface area contributed by atoms with Gasteiger partial charge in [-0.15, -0.1) is 0 Å². The first kappa shape index (κ1) is 10.7. The number of thioether (sulfide) groups is 1. The van der Waals surface area contributed by atoms with Crippen LogP contribution in [0.25, 0.3) is 0 Å². The van der Waals surface area contributed by atoms with Gasteiger partial charge in [0.15, 0.2) is 0 Å². The van der Waals surface area contributed by atoms with Crippen molar-refractivity contribution in [3.8, 4) is 0 Å². The standard InChI is InChI=1S/C10H15N3OS/c1-6(2)15-5-9-12-8-4-11-3-7(8)10(14)13-9/h6,11H,3-5H2,1-2H3,(H,12,13,14). The van der Waals surface area contributed by atoms with Gasteiger partial charge in [-0.1, -0.05) is 13.8 Å². The summed E-state index contributed by atoms with van der Waals surface area (Å²) in [6.45, 7) is 5.64. The maximum Gasteiger partial charge on any atom is 0.255 e. The molecule has 0 fully saturated rings. The Morgan fingerprint density at radius 3 is 3.00 bits per heavy atom. The van der Waals surface area contributed by atoms with Crippen molar-refractivity contribution < 1.29 is 0 Å². The summed E-state index contributed by atoms with van der Waals surface area (Å²) >= 11 is 1.79. The zero-order chi connectivity index (χ0) is 10.8. The third kappa shape index (κ3) is 2.41. The van der Waals surface area contributed by atoms with Gasteiger partial charge in [0.05, 0.1) is 17.0 Å². The monoisotopic (exact) mass is 225 g/mol. The molecule has 0 saturated heterocycles. The topological polar surface area (TPSA) is 57.8 Å². The number of nitrogens with zero attached hydrogens (tertiary/aromatic N) is 1. The van der Waals surface area contributed by atoms with Gasteiger partial charge in [-0.3, -0.25) is 4.79 Å². The van der Waals surface area contributed by atoms with Crippen LogP contribution < -0.4 is 10.9 Å². The van der Waals surface area contributed by atoms with Crippen LogP contribution in [0.2, 0.25) is 0 Å². The number of rotatable bonds is 3. The van der Waals surface area contributed by atoms with Gasteiger partial charge >= 0.3 is 0 Å². The smallest absolute Gasteiger partial charge is 0.255 e. The molecule has 2 heterocycles. The minimum absolute atomic E-state index is 0.0179. The van der Waals surface area contributed by atoms with Crippen molar-refractivity contribution in [3.05, 3.63) is 27.4 Å². The van der Waals surface area contributed by atoms with E-state index < -0.39 is 0 Å². The summed E-state index contributed by atoms with van der Waals surface area (Å²) in [5, 5.41) is 3.69. The van der Waals surface area contributed by atoms with Gasteiger partial charge in [-0.25, -0.2) is 4.98 Å². The van der Waals surface area contributed by atoms with Crippen molar-refractivity contribution in [2.45, 2.75) is 37.9 Å². The summed E-state index contributed by atoms with van der Waals surface area (Å²) in [6, 6.07) is 0. The lowest BCUT2D eigenvalue weighted by molar-refractivity contribution is 0.756. The van der Waals surface area contributed by atoms with Crippen LogP contribution >= 0.6 is 11.8 Å². The van der Waals surface area contributed by atoms with E-state index in [1.165, 1.54) is 0 Å². The number of hydrogen-bond acceptors (Lipinski definition) is 4. The highest BCUT2D eigenvalue weighted by Gasteiger charge is 2.16. The lowest BCUT2D eigenvalue weighted by atomic mass is 10.3. The fraction of sp³-hybridized carbons (Fsp3) is 0.600. The molecule has 15 heavy (non-hydrogen) atoms. The van der Waals surface area contributed by atoms with Crippen molar-refractivity contribution in [2.75, 3.05) is 0 Å². The highest BCUT2D eigenvalue weighted by atomic mass is 32.2. The molecule has 1 aromatic rings. The lowest BCUT2D eigenvalue weighted by Crippen LogP contribution is -2.17. The van der Waals surface area contributed by atoms with Crippen LogP contribution in [0.15, 0.2) is 4.79 Å². The van der Waals surface area contributed by atoms with E-state index >= 15 is 0 Å².